The van der Waals surface area contributed by atoms with Crippen LogP contribution >= 0.6 is 23.2 Å². The SMILES string of the molecule is CC(C)C(CCl)Cc1ccc(Cl)c(F)c1. The van der Waals surface area contributed by atoms with Crippen LogP contribution in [0.5, 0.6) is 0 Å². The summed E-state index contributed by atoms with van der Waals surface area (Å²) in [5.74, 6) is 1.13. The summed E-state index contributed by atoms with van der Waals surface area (Å²) < 4.78 is 13.2. The molecule has 84 valence electrons. The summed E-state index contributed by atoms with van der Waals surface area (Å²) in [5, 5.41) is 0.172. The van der Waals surface area contributed by atoms with Gasteiger partial charge in [-0.2, -0.15) is 0 Å². The Hall–Kier alpha value is -0.270. The molecule has 0 N–H and O–H groups in total. The second kappa shape index (κ2) is 5.72. The fourth-order valence-corrected chi connectivity index (χ4v) is 2.02. The zero-order valence-corrected chi connectivity index (χ0v) is 10.4. The van der Waals surface area contributed by atoms with Crippen LogP contribution in [-0.2, 0) is 6.42 Å². The molecule has 0 aromatic heterocycles. The van der Waals surface area contributed by atoms with Crippen molar-refractivity contribution in [2.45, 2.75) is 20.3 Å². The van der Waals surface area contributed by atoms with Crippen LogP contribution in [-0.4, -0.2) is 5.88 Å². The normalized spacial score (nSPS) is 13.2. The third kappa shape index (κ3) is 3.66. The molecule has 1 atom stereocenters. The van der Waals surface area contributed by atoms with Crippen LogP contribution in [0.4, 0.5) is 4.39 Å². The topological polar surface area (TPSA) is 0 Å². The van der Waals surface area contributed by atoms with Gasteiger partial charge in [0.25, 0.3) is 0 Å². The summed E-state index contributed by atoms with van der Waals surface area (Å²) in [6, 6.07) is 4.94. The first kappa shape index (κ1) is 12.8. The second-order valence-corrected chi connectivity index (χ2v) is 4.83. The van der Waals surface area contributed by atoms with Gasteiger partial charge in [-0.15, -0.1) is 11.6 Å². The van der Waals surface area contributed by atoms with E-state index in [9.17, 15) is 4.39 Å². The minimum atomic E-state index is -0.355. The van der Waals surface area contributed by atoms with E-state index in [2.05, 4.69) is 13.8 Å². The van der Waals surface area contributed by atoms with Crippen LogP contribution in [0.2, 0.25) is 5.02 Å². The molecule has 0 aliphatic carbocycles. The molecule has 0 spiro atoms. The monoisotopic (exact) mass is 248 g/mol. The van der Waals surface area contributed by atoms with Crippen LogP contribution in [0.1, 0.15) is 19.4 Å². The molecule has 0 aliphatic heterocycles. The molecule has 15 heavy (non-hydrogen) atoms. The average Bonchev–Trinajstić information content (AvgIpc) is 2.19. The summed E-state index contributed by atoms with van der Waals surface area (Å²) in [7, 11) is 0. The van der Waals surface area contributed by atoms with Crippen molar-refractivity contribution in [3.63, 3.8) is 0 Å². The standard InChI is InChI=1S/C12H15Cl2F/c1-8(2)10(7-13)5-9-3-4-11(14)12(15)6-9/h3-4,6,8,10H,5,7H2,1-2H3. The molecule has 0 nitrogen and oxygen atoms in total. The lowest BCUT2D eigenvalue weighted by Crippen LogP contribution is -2.13. The summed E-state index contributed by atoms with van der Waals surface area (Å²) in [5.41, 5.74) is 0.955. The van der Waals surface area contributed by atoms with Gasteiger partial charge in [-0.05, 0) is 36.0 Å². The van der Waals surface area contributed by atoms with Gasteiger partial charge in [0.05, 0.1) is 5.02 Å². The lowest BCUT2D eigenvalue weighted by Gasteiger charge is -2.17. The molecule has 0 aliphatic rings. The molecule has 1 aromatic carbocycles. The van der Waals surface area contributed by atoms with Gasteiger partial charge in [0.1, 0.15) is 5.82 Å². The van der Waals surface area contributed by atoms with Gasteiger partial charge in [-0.3, -0.25) is 0 Å². The quantitative estimate of drug-likeness (QED) is 0.687. The van der Waals surface area contributed by atoms with Gasteiger partial charge in [-0.25, -0.2) is 4.39 Å². The van der Waals surface area contributed by atoms with Gasteiger partial charge in [0.2, 0.25) is 0 Å². The maximum absolute atomic E-state index is 13.2. The van der Waals surface area contributed by atoms with Crippen molar-refractivity contribution >= 4 is 23.2 Å². The maximum Gasteiger partial charge on any atom is 0.142 e. The molecule has 0 bridgehead atoms. The minimum absolute atomic E-state index is 0.172. The van der Waals surface area contributed by atoms with E-state index in [4.69, 9.17) is 23.2 Å². The highest BCUT2D eigenvalue weighted by molar-refractivity contribution is 6.30. The number of hydrogen-bond acceptors (Lipinski definition) is 0. The minimum Gasteiger partial charge on any atom is -0.205 e. The molecular formula is C12H15Cl2F. The van der Waals surface area contributed by atoms with Crippen molar-refractivity contribution in [2.75, 3.05) is 5.88 Å². The lowest BCUT2D eigenvalue weighted by atomic mass is 9.91. The van der Waals surface area contributed by atoms with Gasteiger partial charge in [0.15, 0.2) is 0 Å². The molecule has 0 radical (unpaired) electrons. The third-order valence-electron chi connectivity index (χ3n) is 2.62. The fraction of sp³-hybridized carbons (Fsp3) is 0.500. The van der Waals surface area contributed by atoms with E-state index < -0.39 is 0 Å². The van der Waals surface area contributed by atoms with Crippen LogP contribution in [0, 0.1) is 17.7 Å². The summed E-state index contributed by atoms with van der Waals surface area (Å²) in [4.78, 5) is 0. The maximum atomic E-state index is 13.2. The largest absolute Gasteiger partial charge is 0.205 e. The number of hydrogen-bond donors (Lipinski definition) is 0. The van der Waals surface area contributed by atoms with Crippen LogP contribution in [0.3, 0.4) is 0 Å². The van der Waals surface area contributed by atoms with Crippen molar-refractivity contribution < 1.29 is 4.39 Å². The molecule has 1 rings (SSSR count). The Morgan fingerprint density at radius 3 is 2.47 bits per heavy atom. The summed E-state index contributed by atoms with van der Waals surface area (Å²) >= 11 is 11.5. The average molecular weight is 249 g/mol. The van der Waals surface area contributed by atoms with Crippen molar-refractivity contribution in [2.24, 2.45) is 11.8 Å². The predicted octanol–water partition coefficient (Wildman–Crippen LogP) is 4.53. The number of benzene rings is 1. The zero-order chi connectivity index (χ0) is 11.4. The predicted molar refractivity (Wildman–Crippen MR) is 64.2 cm³/mol. The molecule has 1 unspecified atom stereocenters. The van der Waals surface area contributed by atoms with Gasteiger partial charge in [0, 0.05) is 5.88 Å². The first-order chi connectivity index (χ1) is 7.04. The summed E-state index contributed by atoms with van der Waals surface area (Å²) in [6.07, 6.45) is 0.801. The smallest absolute Gasteiger partial charge is 0.142 e. The highest BCUT2D eigenvalue weighted by Gasteiger charge is 2.13. The molecular weight excluding hydrogens is 234 g/mol. The molecule has 0 heterocycles. The number of halogens is 3. The Morgan fingerprint density at radius 2 is 2.00 bits per heavy atom. The Bertz CT molecular complexity index is 323. The van der Waals surface area contributed by atoms with Gasteiger partial charge >= 0.3 is 0 Å². The first-order valence-electron chi connectivity index (χ1n) is 5.04. The van der Waals surface area contributed by atoms with Crippen LogP contribution in [0.25, 0.3) is 0 Å². The van der Waals surface area contributed by atoms with Crippen LogP contribution in [0.15, 0.2) is 18.2 Å². The van der Waals surface area contributed by atoms with Crippen LogP contribution < -0.4 is 0 Å². The van der Waals surface area contributed by atoms with Crippen molar-refractivity contribution in [3.05, 3.63) is 34.6 Å². The Kier molecular flexibility index (Phi) is 4.88. The number of rotatable bonds is 4. The van der Waals surface area contributed by atoms with E-state index in [0.717, 1.165) is 12.0 Å². The summed E-state index contributed by atoms with van der Waals surface area (Å²) in [6.45, 7) is 4.25. The van der Waals surface area contributed by atoms with E-state index in [-0.39, 0.29) is 10.8 Å². The molecule has 1 aromatic rings. The van der Waals surface area contributed by atoms with E-state index in [1.807, 2.05) is 6.07 Å². The fourth-order valence-electron chi connectivity index (χ4n) is 1.44. The molecule has 3 heteroatoms. The van der Waals surface area contributed by atoms with Crippen molar-refractivity contribution in [3.8, 4) is 0 Å². The number of alkyl halides is 1. The molecule has 0 amide bonds. The highest BCUT2D eigenvalue weighted by Crippen LogP contribution is 2.21. The van der Waals surface area contributed by atoms with Crippen molar-refractivity contribution in [1.82, 2.24) is 0 Å². The highest BCUT2D eigenvalue weighted by atomic mass is 35.5. The van der Waals surface area contributed by atoms with E-state index in [0.29, 0.717) is 17.7 Å². The second-order valence-electron chi connectivity index (χ2n) is 4.11. The Labute approximate surface area is 100 Å². The van der Waals surface area contributed by atoms with E-state index in [1.54, 1.807) is 6.07 Å². The van der Waals surface area contributed by atoms with Gasteiger partial charge in [-0.1, -0.05) is 31.5 Å². The van der Waals surface area contributed by atoms with E-state index >= 15 is 0 Å². The lowest BCUT2D eigenvalue weighted by molar-refractivity contribution is 0.421. The van der Waals surface area contributed by atoms with Gasteiger partial charge < -0.3 is 0 Å². The first-order valence-corrected chi connectivity index (χ1v) is 5.95. The Balaban J connectivity index is 2.75. The van der Waals surface area contributed by atoms with E-state index in [1.165, 1.54) is 6.07 Å². The molecule has 0 fully saturated rings. The third-order valence-corrected chi connectivity index (χ3v) is 3.33. The molecule has 0 saturated carbocycles. The van der Waals surface area contributed by atoms with Crippen molar-refractivity contribution in [1.29, 1.82) is 0 Å². The Morgan fingerprint density at radius 1 is 1.33 bits per heavy atom. The zero-order valence-electron chi connectivity index (χ0n) is 8.93. The molecule has 0 saturated heterocycles.